The summed E-state index contributed by atoms with van der Waals surface area (Å²) in [7, 11) is 0. The molecule has 16 heavy (non-hydrogen) atoms. The molecular formula is C13H18BrNS. The third kappa shape index (κ3) is 3.02. The predicted molar refractivity (Wildman–Crippen MR) is 76.0 cm³/mol. The summed E-state index contributed by atoms with van der Waals surface area (Å²) >= 11 is 5.61. The maximum atomic E-state index is 5.96. The molecular weight excluding hydrogens is 282 g/mol. The Morgan fingerprint density at radius 1 is 1.38 bits per heavy atom. The van der Waals surface area contributed by atoms with Crippen molar-refractivity contribution in [2.45, 2.75) is 18.8 Å². The monoisotopic (exact) mass is 299 g/mol. The highest BCUT2D eigenvalue weighted by Crippen LogP contribution is 2.35. The van der Waals surface area contributed by atoms with Gasteiger partial charge in [-0.25, -0.2) is 0 Å². The largest absolute Gasteiger partial charge is 0.330 e. The molecule has 0 bridgehead atoms. The van der Waals surface area contributed by atoms with Crippen LogP contribution >= 0.6 is 27.7 Å². The summed E-state index contributed by atoms with van der Waals surface area (Å²) in [5.74, 6) is 3.92. The van der Waals surface area contributed by atoms with E-state index in [4.69, 9.17) is 5.73 Å². The third-order valence-corrected chi connectivity index (χ3v) is 4.91. The Labute approximate surface area is 110 Å². The molecule has 0 radical (unpaired) electrons. The van der Waals surface area contributed by atoms with E-state index in [1.165, 1.54) is 29.9 Å². The van der Waals surface area contributed by atoms with Crippen LogP contribution in [-0.4, -0.2) is 18.1 Å². The van der Waals surface area contributed by atoms with Gasteiger partial charge in [0.05, 0.1) is 0 Å². The first kappa shape index (κ1) is 12.5. The molecule has 1 aromatic carbocycles. The van der Waals surface area contributed by atoms with E-state index < -0.39 is 0 Å². The molecule has 1 saturated heterocycles. The van der Waals surface area contributed by atoms with Gasteiger partial charge in [0.2, 0.25) is 0 Å². The van der Waals surface area contributed by atoms with Crippen molar-refractivity contribution in [3.63, 3.8) is 0 Å². The van der Waals surface area contributed by atoms with E-state index in [1.807, 2.05) is 0 Å². The number of hydrogen-bond acceptors (Lipinski definition) is 2. The smallest absolute Gasteiger partial charge is 0.0178 e. The lowest BCUT2D eigenvalue weighted by atomic mass is 9.82. The average molecular weight is 300 g/mol. The van der Waals surface area contributed by atoms with Crippen LogP contribution in [0.5, 0.6) is 0 Å². The molecule has 0 saturated carbocycles. The van der Waals surface area contributed by atoms with E-state index in [0.29, 0.717) is 5.92 Å². The number of thioether (sulfide) groups is 1. The standard InChI is InChI=1S/C13H18BrNS/c14-12-3-1-2-11(8-12)13(9-15)10-4-6-16-7-5-10/h1-3,8,10,13H,4-7,9,15H2. The first-order chi connectivity index (χ1) is 7.81. The second-order valence-corrected chi connectivity index (χ2v) is 6.49. The zero-order chi connectivity index (χ0) is 11.4. The van der Waals surface area contributed by atoms with Gasteiger partial charge < -0.3 is 5.73 Å². The van der Waals surface area contributed by atoms with Crippen LogP contribution in [0.15, 0.2) is 28.7 Å². The quantitative estimate of drug-likeness (QED) is 0.922. The number of halogens is 1. The zero-order valence-corrected chi connectivity index (χ0v) is 11.8. The van der Waals surface area contributed by atoms with E-state index in [0.717, 1.165) is 16.9 Å². The van der Waals surface area contributed by atoms with Crippen LogP contribution < -0.4 is 5.73 Å². The summed E-state index contributed by atoms with van der Waals surface area (Å²) < 4.78 is 1.16. The van der Waals surface area contributed by atoms with Crippen LogP contribution in [0, 0.1) is 5.92 Å². The minimum absolute atomic E-state index is 0.540. The molecule has 1 unspecified atom stereocenters. The van der Waals surface area contributed by atoms with Gasteiger partial charge >= 0.3 is 0 Å². The SMILES string of the molecule is NCC(c1cccc(Br)c1)C1CCSCC1. The summed E-state index contributed by atoms with van der Waals surface area (Å²) in [6, 6.07) is 8.62. The fourth-order valence-corrected chi connectivity index (χ4v) is 4.02. The fourth-order valence-electron chi connectivity index (χ4n) is 2.46. The van der Waals surface area contributed by atoms with E-state index >= 15 is 0 Å². The van der Waals surface area contributed by atoms with Gasteiger partial charge in [-0.1, -0.05) is 28.1 Å². The van der Waals surface area contributed by atoms with Gasteiger partial charge in [0.1, 0.15) is 0 Å². The lowest BCUT2D eigenvalue weighted by Crippen LogP contribution is -2.24. The molecule has 1 aromatic rings. The Hall–Kier alpha value is 0.01000. The molecule has 0 spiro atoms. The van der Waals surface area contributed by atoms with Gasteiger partial charge in [-0.05, 0) is 60.4 Å². The van der Waals surface area contributed by atoms with Crippen LogP contribution in [0.4, 0.5) is 0 Å². The molecule has 88 valence electrons. The summed E-state index contributed by atoms with van der Waals surface area (Å²) in [6.07, 6.45) is 2.64. The molecule has 1 fully saturated rings. The van der Waals surface area contributed by atoms with E-state index in [1.54, 1.807) is 0 Å². The first-order valence-electron chi connectivity index (χ1n) is 5.84. The highest BCUT2D eigenvalue weighted by Gasteiger charge is 2.24. The fraction of sp³-hybridized carbons (Fsp3) is 0.538. The highest BCUT2D eigenvalue weighted by molar-refractivity contribution is 9.10. The second-order valence-electron chi connectivity index (χ2n) is 4.35. The van der Waals surface area contributed by atoms with Gasteiger partial charge in [0.15, 0.2) is 0 Å². The minimum Gasteiger partial charge on any atom is -0.330 e. The summed E-state index contributed by atoms with van der Waals surface area (Å²) in [4.78, 5) is 0. The first-order valence-corrected chi connectivity index (χ1v) is 7.79. The van der Waals surface area contributed by atoms with E-state index in [9.17, 15) is 0 Å². The van der Waals surface area contributed by atoms with Gasteiger partial charge in [0, 0.05) is 4.47 Å². The second kappa shape index (κ2) is 6.08. The molecule has 2 rings (SSSR count). The Bertz CT molecular complexity index is 336. The third-order valence-electron chi connectivity index (χ3n) is 3.37. The summed E-state index contributed by atoms with van der Waals surface area (Å²) in [5, 5.41) is 0. The molecule has 0 aliphatic carbocycles. The number of nitrogens with two attached hydrogens (primary N) is 1. The molecule has 2 N–H and O–H groups in total. The van der Waals surface area contributed by atoms with Crippen molar-refractivity contribution in [2.75, 3.05) is 18.1 Å². The van der Waals surface area contributed by atoms with Crippen LogP contribution in [-0.2, 0) is 0 Å². The van der Waals surface area contributed by atoms with Crippen molar-refractivity contribution in [2.24, 2.45) is 11.7 Å². The van der Waals surface area contributed by atoms with E-state index in [-0.39, 0.29) is 0 Å². The lowest BCUT2D eigenvalue weighted by molar-refractivity contribution is 0.400. The van der Waals surface area contributed by atoms with Crippen molar-refractivity contribution < 1.29 is 0 Å². The lowest BCUT2D eigenvalue weighted by Gasteiger charge is -2.29. The maximum absolute atomic E-state index is 5.96. The molecule has 0 amide bonds. The Morgan fingerprint density at radius 2 is 2.12 bits per heavy atom. The summed E-state index contributed by atoms with van der Waals surface area (Å²) in [5.41, 5.74) is 7.36. The molecule has 1 atom stereocenters. The van der Waals surface area contributed by atoms with Crippen LogP contribution in [0.2, 0.25) is 0 Å². The zero-order valence-electron chi connectivity index (χ0n) is 9.36. The topological polar surface area (TPSA) is 26.0 Å². The minimum atomic E-state index is 0.540. The summed E-state index contributed by atoms with van der Waals surface area (Å²) in [6.45, 7) is 0.770. The molecule has 1 aliphatic rings. The van der Waals surface area contributed by atoms with Crippen LogP contribution in [0.25, 0.3) is 0 Å². The van der Waals surface area contributed by atoms with Crippen LogP contribution in [0.3, 0.4) is 0 Å². The predicted octanol–water partition coefficient (Wildman–Crippen LogP) is 3.63. The average Bonchev–Trinajstić information content (AvgIpc) is 2.31. The van der Waals surface area contributed by atoms with Gasteiger partial charge in [-0.2, -0.15) is 11.8 Å². The molecule has 1 nitrogen and oxygen atoms in total. The van der Waals surface area contributed by atoms with Gasteiger partial charge in [0.25, 0.3) is 0 Å². The van der Waals surface area contributed by atoms with Crippen molar-refractivity contribution in [3.05, 3.63) is 34.3 Å². The number of rotatable bonds is 3. The Balaban J connectivity index is 2.14. The van der Waals surface area contributed by atoms with E-state index in [2.05, 4.69) is 52.0 Å². The van der Waals surface area contributed by atoms with Crippen LogP contribution in [0.1, 0.15) is 24.3 Å². The Morgan fingerprint density at radius 3 is 2.75 bits per heavy atom. The molecule has 3 heteroatoms. The van der Waals surface area contributed by atoms with Crippen molar-refractivity contribution in [1.82, 2.24) is 0 Å². The normalized spacial score (nSPS) is 19.6. The van der Waals surface area contributed by atoms with Crippen molar-refractivity contribution in [3.8, 4) is 0 Å². The number of benzene rings is 1. The van der Waals surface area contributed by atoms with Crippen molar-refractivity contribution in [1.29, 1.82) is 0 Å². The highest BCUT2D eigenvalue weighted by atomic mass is 79.9. The molecule has 1 heterocycles. The number of hydrogen-bond donors (Lipinski definition) is 1. The molecule has 0 aromatic heterocycles. The van der Waals surface area contributed by atoms with Gasteiger partial charge in [-0.3, -0.25) is 0 Å². The molecule has 1 aliphatic heterocycles. The van der Waals surface area contributed by atoms with Crippen molar-refractivity contribution >= 4 is 27.7 Å². The maximum Gasteiger partial charge on any atom is 0.0178 e. The van der Waals surface area contributed by atoms with Gasteiger partial charge in [-0.15, -0.1) is 0 Å². The Kier molecular flexibility index (Phi) is 4.74.